The van der Waals surface area contributed by atoms with Crippen LogP contribution in [0.2, 0.25) is 0 Å². The van der Waals surface area contributed by atoms with E-state index in [1.54, 1.807) is 18.2 Å². The Bertz CT molecular complexity index is 1020. The second-order valence-electron chi connectivity index (χ2n) is 5.64. The third-order valence-electron chi connectivity index (χ3n) is 3.75. The molecular formula is C18H12FN3O4S. The van der Waals surface area contributed by atoms with Crippen molar-refractivity contribution >= 4 is 29.3 Å². The molecule has 0 fully saturated rings. The van der Waals surface area contributed by atoms with E-state index in [2.05, 4.69) is 15.5 Å². The molecule has 0 radical (unpaired) electrons. The van der Waals surface area contributed by atoms with Crippen molar-refractivity contribution in [2.75, 3.05) is 11.1 Å². The van der Waals surface area contributed by atoms with Gasteiger partial charge in [0.1, 0.15) is 5.82 Å². The van der Waals surface area contributed by atoms with Gasteiger partial charge in [0.05, 0.1) is 17.0 Å². The topological polar surface area (TPSA) is 94.3 Å². The largest absolute Gasteiger partial charge is 0.452 e. The van der Waals surface area contributed by atoms with Gasteiger partial charge in [-0.2, -0.15) is 4.98 Å². The van der Waals surface area contributed by atoms with E-state index in [1.807, 2.05) is 0 Å². The first-order chi connectivity index (χ1) is 13.1. The van der Waals surface area contributed by atoms with Crippen molar-refractivity contribution in [1.29, 1.82) is 0 Å². The lowest BCUT2D eigenvalue weighted by Gasteiger charge is -2.16. The first-order valence-electron chi connectivity index (χ1n) is 7.91. The Labute approximate surface area is 156 Å². The Morgan fingerprint density at radius 2 is 2.07 bits per heavy atom. The molecule has 7 nitrogen and oxygen atoms in total. The molecule has 9 heteroatoms. The fourth-order valence-corrected chi connectivity index (χ4v) is 3.24. The van der Waals surface area contributed by atoms with E-state index in [9.17, 15) is 14.0 Å². The summed E-state index contributed by atoms with van der Waals surface area (Å²) in [6, 6.07) is 10.6. The number of hydrogen-bond acceptors (Lipinski definition) is 7. The van der Waals surface area contributed by atoms with Gasteiger partial charge in [-0.15, -0.1) is 11.8 Å². The number of amides is 1. The molecule has 0 unspecified atom stereocenters. The van der Waals surface area contributed by atoms with Crippen molar-refractivity contribution in [3.63, 3.8) is 0 Å². The molecule has 2 aromatic carbocycles. The number of benzene rings is 2. The first-order valence-corrected chi connectivity index (χ1v) is 8.89. The van der Waals surface area contributed by atoms with Gasteiger partial charge < -0.3 is 14.6 Å². The summed E-state index contributed by atoms with van der Waals surface area (Å²) in [5.74, 6) is -0.318. The minimum Gasteiger partial charge on any atom is -0.452 e. The highest BCUT2D eigenvalue weighted by Crippen LogP contribution is 2.32. The van der Waals surface area contributed by atoms with Gasteiger partial charge in [0.25, 0.3) is 5.89 Å². The summed E-state index contributed by atoms with van der Waals surface area (Å²) >= 11 is 1.41. The van der Waals surface area contributed by atoms with Crippen LogP contribution in [-0.4, -0.2) is 27.8 Å². The molecule has 0 bridgehead atoms. The third-order valence-corrected chi connectivity index (χ3v) is 4.82. The van der Waals surface area contributed by atoms with Gasteiger partial charge >= 0.3 is 5.97 Å². The Balaban J connectivity index is 1.42. The van der Waals surface area contributed by atoms with Crippen molar-refractivity contribution in [2.45, 2.75) is 11.5 Å². The van der Waals surface area contributed by atoms with Crippen LogP contribution in [0.4, 0.5) is 10.1 Å². The number of carbonyl (C=O) groups excluding carboxylic acids is 2. The number of halogens is 1. The molecule has 1 aromatic heterocycles. The van der Waals surface area contributed by atoms with Crippen molar-refractivity contribution in [3.8, 4) is 11.4 Å². The third kappa shape index (κ3) is 3.82. The number of rotatable bonds is 4. The number of aromatic nitrogens is 2. The highest BCUT2D eigenvalue weighted by atomic mass is 32.2. The quantitative estimate of drug-likeness (QED) is 0.689. The lowest BCUT2D eigenvalue weighted by atomic mass is 10.2. The van der Waals surface area contributed by atoms with Crippen LogP contribution in [0.3, 0.4) is 0 Å². The van der Waals surface area contributed by atoms with Crippen LogP contribution in [0.5, 0.6) is 0 Å². The van der Waals surface area contributed by atoms with Crippen molar-refractivity contribution in [1.82, 2.24) is 10.1 Å². The highest BCUT2D eigenvalue weighted by molar-refractivity contribution is 8.00. The lowest BCUT2D eigenvalue weighted by molar-refractivity contribution is -0.113. The van der Waals surface area contributed by atoms with Gasteiger partial charge in [0.2, 0.25) is 11.7 Å². The van der Waals surface area contributed by atoms with Gasteiger partial charge in [-0.1, -0.05) is 5.16 Å². The molecule has 136 valence electrons. The van der Waals surface area contributed by atoms with E-state index in [-0.39, 0.29) is 30.0 Å². The Morgan fingerprint density at radius 3 is 2.89 bits per heavy atom. The predicted octanol–water partition coefficient (Wildman–Crippen LogP) is 3.28. The monoisotopic (exact) mass is 385 g/mol. The normalized spacial score (nSPS) is 13.0. The zero-order valence-corrected chi connectivity index (χ0v) is 14.6. The van der Waals surface area contributed by atoms with Gasteiger partial charge in [-0.3, -0.25) is 4.79 Å². The molecule has 0 spiro atoms. The summed E-state index contributed by atoms with van der Waals surface area (Å²) in [4.78, 5) is 28.7. The van der Waals surface area contributed by atoms with Crippen LogP contribution in [-0.2, 0) is 16.1 Å². The fourth-order valence-electron chi connectivity index (χ4n) is 2.45. The van der Waals surface area contributed by atoms with Crippen molar-refractivity contribution in [2.24, 2.45) is 0 Å². The maximum absolute atomic E-state index is 13.0. The molecule has 1 aliphatic rings. The Hall–Kier alpha value is -3.20. The van der Waals surface area contributed by atoms with Crippen molar-refractivity contribution in [3.05, 3.63) is 59.7 Å². The van der Waals surface area contributed by atoms with Gasteiger partial charge in [-0.25, -0.2) is 9.18 Å². The lowest BCUT2D eigenvalue weighted by Crippen LogP contribution is -2.19. The van der Waals surface area contributed by atoms with Gasteiger partial charge in [0, 0.05) is 10.5 Å². The molecule has 0 saturated heterocycles. The average molecular weight is 385 g/mol. The standard InChI is InChI=1S/C18H12FN3O4S/c19-12-4-1-10(2-5-12)17-21-16(26-22-17)8-25-18(24)11-3-6-14-13(7-11)20-15(23)9-27-14/h1-7H,8-9H2,(H,20,23). The molecule has 1 aliphatic heterocycles. The molecule has 0 atom stereocenters. The second kappa shape index (κ2) is 7.20. The number of anilines is 1. The SMILES string of the molecule is O=C1CSc2ccc(C(=O)OCc3nc(-c4ccc(F)cc4)no3)cc2N1. The van der Waals surface area contributed by atoms with Crippen LogP contribution < -0.4 is 5.32 Å². The first kappa shape index (κ1) is 17.2. The molecule has 27 heavy (non-hydrogen) atoms. The van der Waals surface area contributed by atoms with E-state index in [0.717, 1.165) is 4.90 Å². The smallest absolute Gasteiger partial charge is 0.338 e. The number of carbonyl (C=O) groups is 2. The summed E-state index contributed by atoms with van der Waals surface area (Å²) in [6.07, 6.45) is 0. The van der Waals surface area contributed by atoms with E-state index >= 15 is 0 Å². The molecule has 1 N–H and O–H groups in total. The summed E-state index contributed by atoms with van der Waals surface area (Å²) in [5, 5.41) is 6.50. The number of hydrogen-bond donors (Lipinski definition) is 1. The minimum atomic E-state index is -0.579. The summed E-state index contributed by atoms with van der Waals surface area (Å²) in [6.45, 7) is -0.203. The van der Waals surface area contributed by atoms with Crippen molar-refractivity contribution < 1.29 is 23.2 Å². The maximum Gasteiger partial charge on any atom is 0.338 e. The second-order valence-corrected chi connectivity index (χ2v) is 6.66. The Kier molecular flexibility index (Phi) is 4.59. The zero-order valence-electron chi connectivity index (χ0n) is 13.8. The molecule has 1 amide bonds. The van der Waals surface area contributed by atoms with E-state index in [4.69, 9.17) is 9.26 Å². The van der Waals surface area contributed by atoms with Crippen LogP contribution in [0.25, 0.3) is 11.4 Å². The van der Waals surface area contributed by atoms with Crippen LogP contribution >= 0.6 is 11.8 Å². The Morgan fingerprint density at radius 1 is 1.26 bits per heavy atom. The number of nitrogens with zero attached hydrogens (tertiary/aromatic N) is 2. The number of ether oxygens (including phenoxy) is 1. The predicted molar refractivity (Wildman–Crippen MR) is 94.6 cm³/mol. The van der Waals surface area contributed by atoms with E-state index < -0.39 is 5.97 Å². The van der Waals surface area contributed by atoms with Crippen LogP contribution in [0.1, 0.15) is 16.2 Å². The zero-order chi connectivity index (χ0) is 18.8. The van der Waals surface area contributed by atoms with E-state index in [0.29, 0.717) is 22.6 Å². The minimum absolute atomic E-state index is 0.114. The highest BCUT2D eigenvalue weighted by Gasteiger charge is 2.18. The van der Waals surface area contributed by atoms with E-state index in [1.165, 1.54) is 36.0 Å². The average Bonchev–Trinajstić information content (AvgIpc) is 3.15. The fraction of sp³-hybridized carbons (Fsp3) is 0.111. The number of esters is 1. The van der Waals surface area contributed by atoms with Crippen LogP contribution in [0, 0.1) is 5.82 Å². The molecular weight excluding hydrogens is 373 g/mol. The number of nitrogens with one attached hydrogen (secondary N) is 1. The van der Waals surface area contributed by atoms with Gasteiger partial charge in [0.15, 0.2) is 6.61 Å². The number of thioether (sulfide) groups is 1. The molecule has 0 aliphatic carbocycles. The molecule has 4 rings (SSSR count). The van der Waals surface area contributed by atoms with Crippen LogP contribution in [0.15, 0.2) is 51.9 Å². The summed E-state index contributed by atoms with van der Waals surface area (Å²) in [5.41, 5.74) is 1.47. The maximum atomic E-state index is 13.0. The molecule has 0 saturated carbocycles. The summed E-state index contributed by atoms with van der Waals surface area (Å²) < 4.78 is 23.2. The van der Waals surface area contributed by atoms with Gasteiger partial charge in [-0.05, 0) is 42.5 Å². The summed E-state index contributed by atoms with van der Waals surface area (Å²) in [7, 11) is 0. The molecule has 3 aromatic rings. The number of fused-ring (bicyclic) bond motifs is 1. The molecule has 2 heterocycles.